The van der Waals surface area contributed by atoms with E-state index >= 15 is 0 Å². The fraction of sp³-hybridized carbons (Fsp3) is 0.200. The molecule has 0 amide bonds. The van der Waals surface area contributed by atoms with Gasteiger partial charge in [0.05, 0.1) is 6.04 Å². The topological polar surface area (TPSA) is 47.3 Å². The zero-order chi connectivity index (χ0) is 14.5. The number of ether oxygens (including phenoxy) is 1. The highest BCUT2D eigenvalue weighted by atomic mass is 19.1. The van der Waals surface area contributed by atoms with Crippen LogP contribution in [0.1, 0.15) is 17.2 Å². The van der Waals surface area contributed by atoms with E-state index < -0.39 is 17.7 Å². The maximum absolute atomic E-state index is 14.0. The number of nitrogens with one attached hydrogen (secondary N) is 1. The van der Waals surface area contributed by atoms with E-state index in [-0.39, 0.29) is 12.2 Å². The molecule has 0 saturated heterocycles. The van der Waals surface area contributed by atoms with Crippen LogP contribution in [0.2, 0.25) is 0 Å². The normalized spacial score (nSPS) is 12.2. The Bertz CT molecular complexity index is 576. The van der Waals surface area contributed by atoms with Crippen molar-refractivity contribution in [1.82, 2.24) is 5.43 Å². The maximum atomic E-state index is 14.0. The molecule has 2 aromatic carbocycles. The van der Waals surface area contributed by atoms with Gasteiger partial charge in [-0.05, 0) is 30.7 Å². The quantitative estimate of drug-likeness (QED) is 0.653. The lowest BCUT2D eigenvalue weighted by Crippen LogP contribution is -2.33. The Hall–Kier alpha value is -1.98. The molecular formula is C15H16F2N2O. The van der Waals surface area contributed by atoms with Crippen molar-refractivity contribution >= 4 is 0 Å². The second-order valence-corrected chi connectivity index (χ2v) is 4.44. The van der Waals surface area contributed by atoms with Gasteiger partial charge >= 0.3 is 0 Å². The molecule has 106 valence electrons. The summed E-state index contributed by atoms with van der Waals surface area (Å²) in [5.74, 6) is 4.75. The molecule has 0 saturated carbocycles. The smallest absolute Gasteiger partial charge is 0.134 e. The van der Waals surface area contributed by atoms with E-state index in [9.17, 15) is 8.78 Å². The lowest BCUT2D eigenvalue weighted by molar-refractivity contribution is 0.260. The first-order chi connectivity index (χ1) is 9.63. The summed E-state index contributed by atoms with van der Waals surface area (Å²) in [5.41, 5.74) is 2.65. The molecule has 0 heterocycles. The van der Waals surface area contributed by atoms with Crippen molar-refractivity contribution in [3.63, 3.8) is 0 Å². The summed E-state index contributed by atoms with van der Waals surface area (Å²) < 4.78 is 33.3. The zero-order valence-electron chi connectivity index (χ0n) is 11.1. The lowest BCUT2D eigenvalue weighted by Gasteiger charge is -2.19. The van der Waals surface area contributed by atoms with Crippen LogP contribution in [0, 0.1) is 18.6 Å². The standard InChI is InChI=1S/C15H16F2N2O/c1-10-7-8-12(16)14(15(10)17)13(19-18)9-20-11-5-3-2-4-6-11/h2-8,13,19H,9,18H2,1H3. The monoisotopic (exact) mass is 278 g/mol. The first-order valence-corrected chi connectivity index (χ1v) is 6.22. The highest BCUT2D eigenvalue weighted by molar-refractivity contribution is 5.29. The van der Waals surface area contributed by atoms with Gasteiger partial charge in [-0.3, -0.25) is 5.84 Å². The third-order valence-electron chi connectivity index (χ3n) is 3.03. The minimum atomic E-state index is -0.768. The van der Waals surface area contributed by atoms with E-state index in [1.807, 2.05) is 18.2 Å². The van der Waals surface area contributed by atoms with Gasteiger partial charge in [0, 0.05) is 5.56 Å². The SMILES string of the molecule is Cc1ccc(F)c(C(COc2ccccc2)NN)c1F. The van der Waals surface area contributed by atoms with Crippen LogP contribution in [-0.4, -0.2) is 6.61 Å². The van der Waals surface area contributed by atoms with Gasteiger partial charge in [0.15, 0.2) is 0 Å². The molecule has 3 nitrogen and oxygen atoms in total. The third kappa shape index (κ3) is 3.12. The number of halogens is 2. The van der Waals surface area contributed by atoms with Crippen LogP contribution in [0.3, 0.4) is 0 Å². The molecule has 2 aromatic rings. The number of nitrogens with two attached hydrogens (primary N) is 1. The van der Waals surface area contributed by atoms with E-state index in [0.717, 1.165) is 0 Å². The molecule has 0 aliphatic rings. The van der Waals surface area contributed by atoms with Gasteiger partial charge in [-0.1, -0.05) is 24.3 Å². The van der Waals surface area contributed by atoms with Crippen molar-refractivity contribution in [1.29, 1.82) is 0 Å². The molecule has 1 atom stereocenters. The number of hydrazine groups is 1. The van der Waals surface area contributed by atoms with Gasteiger partial charge in [0.2, 0.25) is 0 Å². The lowest BCUT2D eigenvalue weighted by atomic mass is 10.0. The molecule has 0 bridgehead atoms. The molecule has 0 aromatic heterocycles. The molecule has 0 aliphatic carbocycles. The summed E-state index contributed by atoms with van der Waals surface area (Å²) >= 11 is 0. The minimum Gasteiger partial charge on any atom is -0.492 e. The Morgan fingerprint density at radius 1 is 1.15 bits per heavy atom. The number of hydrogen-bond acceptors (Lipinski definition) is 3. The summed E-state index contributed by atoms with van der Waals surface area (Å²) in [6, 6.07) is 10.8. The zero-order valence-corrected chi connectivity index (χ0v) is 11.1. The molecule has 5 heteroatoms. The Morgan fingerprint density at radius 2 is 1.85 bits per heavy atom. The number of aryl methyl sites for hydroxylation is 1. The van der Waals surface area contributed by atoms with E-state index in [4.69, 9.17) is 10.6 Å². The van der Waals surface area contributed by atoms with Gasteiger partial charge in [-0.15, -0.1) is 0 Å². The summed E-state index contributed by atoms with van der Waals surface area (Å²) in [6.07, 6.45) is 0. The molecule has 0 radical (unpaired) electrons. The van der Waals surface area contributed by atoms with Crippen molar-refractivity contribution in [2.45, 2.75) is 13.0 Å². The molecule has 2 rings (SSSR count). The van der Waals surface area contributed by atoms with Crippen LogP contribution in [0.5, 0.6) is 5.75 Å². The Labute approximate surface area is 116 Å². The van der Waals surface area contributed by atoms with E-state index in [2.05, 4.69) is 5.43 Å². The van der Waals surface area contributed by atoms with Crippen LogP contribution >= 0.6 is 0 Å². The average molecular weight is 278 g/mol. The average Bonchev–Trinajstić information content (AvgIpc) is 2.47. The van der Waals surface area contributed by atoms with E-state index in [1.54, 1.807) is 19.1 Å². The number of benzene rings is 2. The second-order valence-electron chi connectivity index (χ2n) is 4.44. The molecule has 0 fully saturated rings. The van der Waals surface area contributed by atoms with Crippen molar-refractivity contribution in [3.05, 3.63) is 65.2 Å². The van der Waals surface area contributed by atoms with Crippen LogP contribution in [0.4, 0.5) is 8.78 Å². The van der Waals surface area contributed by atoms with Crippen molar-refractivity contribution in [2.24, 2.45) is 5.84 Å². The van der Waals surface area contributed by atoms with Crippen LogP contribution in [0.15, 0.2) is 42.5 Å². The van der Waals surface area contributed by atoms with Crippen LogP contribution in [0.25, 0.3) is 0 Å². The highest BCUT2D eigenvalue weighted by Gasteiger charge is 2.21. The Morgan fingerprint density at radius 3 is 2.50 bits per heavy atom. The van der Waals surface area contributed by atoms with Crippen molar-refractivity contribution < 1.29 is 13.5 Å². The van der Waals surface area contributed by atoms with Gasteiger partial charge in [-0.2, -0.15) is 0 Å². The number of rotatable bonds is 5. The summed E-state index contributed by atoms with van der Waals surface area (Å²) in [7, 11) is 0. The summed E-state index contributed by atoms with van der Waals surface area (Å²) in [6.45, 7) is 1.60. The van der Waals surface area contributed by atoms with Gasteiger partial charge in [0.1, 0.15) is 24.0 Å². The summed E-state index contributed by atoms with van der Waals surface area (Å²) in [4.78, 5) is 0. The third-order valence-corrected chi connectivity index (χ3v) is 3.03. The number of hydrogen-bond donors (Lipinski definition) is 2. The van der Waals surface area contributed by atoms with Crippen LogP contribution in [-0.2, 0) is 0 Å². The second kappa shape index (κ2) is 6.45. The molecule has 20 heavy (non-hydrogen) atoms. The first-order valence-electron chi connectivity index (χ1n) is 6.22. The maximum Gasteiger partial charge on any atom is 0.134 e. The van der Waals surface area contributed by atoms with Crippen molar-refractivity contribution in [3.8, 4) is 5.75 Å². The highest BCUT2D eigenvalue weighted by Crippen LogP contribution is 2.23. The van der Waals surface area contributed by atoms with E-state index in [0.29, 0.717) is 11.3 Å². The first kappa shape index (κ1) is 14.4. The predicted octanol–water partition coefficient (Wildman–Crippen LogP) is 2.86. The fourth-order valence-corrected chi connectivity index (χ4v) is 1.91. The Balaban J connectivity index is 2.19. The largest absolute Gasteiger partial charge is 0.492 e. The summed E-state index contributed by atoms with van der Waals surface area (Å²) in [5, 5.41) is 0. The van der Waals surface area contributed by atoms with Crippen molar-refractivity contribution in [2.75, 3.05) is 6.61 Å². The van der Waals surface area contributed by atoms with E-state index in [1.165, 1.54) is 12.1 Å². The van der Waals surface area contributed by atoms with Gasteiger partial charge in [0.25, 0.3) is 0 Å². The molecular weight excluding hydrogens is 262 g/mol. The molecule has 3 N–H and O–H groups in total. The van der Waals surface area contributed by atoms with Gasteiger partial charge < -0.3 is 4.74 Å². The fourth-order valence-electron chi connectivity index (χ4n) is 1.91. The predicted molar refractivity (Wildman–Crippen MR) is 73.1 cm³/mol. The Kier molecular flexibility index (Phi) is 4.65. The van der Waals surface area contributed by atoms with Gasteiger partial charge in [-0.25, -0.2) is 14.2 Å². The molecule has 1 unspecified atom stereocenters. The number of para-hydroxylation sites is 1. The minimum absolute atomic E-state index is 0.0256. The molecule has 0 spiro atoms. The molecule has 0 aliphatic heterocycles. The van der Waals surface area contributed by atoms with Crippen LogP contribution < -0.4 is 16.0 Å².